The number of rotatable bonds is 7. The van der Waals surface area contributed by atoms with Crippen LogP contribution in [0, 0.1) is 5.82 Å². The minimum Gasteiger partial charge on any atom is -0.352 e. The van der Waals surface area contributed by atoms with Crippen LogP contribution in [0.2, 0.25) is 0 Å². The second kappa shape index (κ2) is 9.51. The van der Waals surface area contributed by atoms with Gasteiger partial charge in [-0.1, -0.05) is 6.07 Å². The zero-order valence-electron chi connectivity index (χ0n) is 14.8. The van der Waals surface area contributed by atoms with Crippen molar-refractivity contribution in [3.05, 3.63) is 35.6 Å². The zero-order valence-corrected chi connectivity index (χ0v) is 15.6. The fourth-order valence-electron chi connectivity index (χ4n) is 2.70. The molecule has 1 aromatic rings. The first-order chi connectivity index (χ1) is 12.5. The standard InChI is InChI=1S/C17H20F5N3O2.ClH/c18-12-5-3-4-11(8-12)14(26)24-7-2-1-6-13(23)15(27)25-9-16(19,20)17(21,22)10-25;/h3-5,8,13H,1-2,6-7,9-10,23H2,(H,24,26);1H. The molecule has 1 aliphatic heterocycles. The van der Waals surface area contributed by atoms with E-state index < -0.39 is 48.6 Å². The van der Waals surface area contributed by atoms with Gasteiger partial charge >= 0.3 is 11.8 Å². The Hall–Kier alpha value is -1.94. The number of alkyl halides is 4. The van der Waals surface area contributed by atoms with Crippen molar-refractivity contribution >= 4 is 24.2 Å². The van der Waals surface area contributed by atoms with Crippen molar-refractivity contribution in [2.45, 2.75) is 37.1 Å². The number of halogens is 6. The molecule has 28 heavy (non-hydrogen) atoms. The quantitative estimate of drug-likeness (QED) is 0.517. The third-order valence-corrected chi connectivity index (χ3v) is 4.26. The lowest BCUT2D eigenvalue weighted by atomic mass is 10.1. The van der Waals surface area contributed by atoms with Crippen molar-refractivity contribution in [2.75, 3.05) is 19.6 Å². The molecule has 0 radical (unpaired) electrons. The van der Waals surface area contributed by atoms with Crippen LogP contribution in [0.15, 0.2) is 24.3 Å². The number of nitrogens with one attached hydrogen (secondary N) is 1. The Morgan fingerprint density at radius 1 is 1.14 bits per heavy atom. The Balaban J connectivity index is 0.00000392. The number of carbonyl (C=O) groups excluding carboxylic acids is 2. The van der Waals surface area contributed by atoms with E-state index in [0.717, 1.165) is 6.07 Å². The molecule has 1 aliphatic rings. The highest BCUT2D eigenvalue weighted by molar-refractivity contribution is 5.94. The highest BCUT2D eigenvalue weighted by Crippen LogP contribution is 2.41. The summed E-state index contributed by atoms with van der Waals surface area (Å²) in [5, 5.41) is 2.57. The van der Waals surface area contributed by atoms with Gasteiger partial charge < -0.3 is 16.0 Å². The topological polar surface area (TPSA) is 75.4 Å². The molecule has 0 bridgehead atoms. The van der Waals surface area contributed by atoms with Gasteiger partial charge in [-0.25, -0.2) is 4.39 Å². The monoisotopic (exact) mass is 429 g/mol. The van der Waals surface area contributed by atoms with E-state index in [4.69, 9.17) is 5.73 Å². The van der Waals surface area contributed by atoms with Gasteiger partial charge in [0.15, 0.2) is 0 Å². The molecular weight excluding hydrogens is 409 g/mol. The number of amides is 2. The largest absolute Gasteiger partial charge is 0.352 e. The summed E-state index contributed by atoms with van der Waals surface area (Å²) < 4.78 is 65.6. The molecular formula is C17H21ClF5N3O2. The number of unbranched alkanes of at least 4 members (excludes halogenated alkanes) is 1. The predicted molar refractivity (Wildman–Crippen MR) is 94.3 cm³/mol. The van der Waals surface area contributed by atoms with Crippen molar-refractivity contribution < 1.29 is 31.5 Å². The summed E-state index contributed by atoms with van der Waals surface area (Å²) in [6, 6.07) is 3.98. The molecule has 1 saturated heterocycles. The maximum atomic E-state index is 13.1. The molecule has 0 aliphatic carbocycles. The van der Waals surface area contributed by atoms with Crippen LogP contribution in [0.4, 0.5) is 22.0 Å². The van der Waals surface area contributed by atoms with Crippen LogP contribution in [-0.2, 0) is 4.79 Å². The van der Waals surface area contributed by atoms with Crippen LogP contribution in [0.3, 0.4) is 0 Å². The minimum atomic E-state index is -4.26. The predicted octanol–water partition coefficient (Wildman–Crippen LogP) is 2.59. The number of carbonyl (C=O) groups is 2. The maximum Gasteiger partial charge on any atom is 0.329 e. The fraction of sp³-hybridized carbons (Fsp3) is 0.529. The number of nitrogens with zero attached hydrogens (tertiary/aromatic N) is 1. The summed E-state index contributed by atoms with van der Waals surface area (Å²) in [7, 11) is 0. The summed E-state index contributed by atoms with van der Waals surface area (Å²) in [4.78, 5) is 24.1. The lowest BCUT2D eigenvalue weighted by Crippen LogP contribution is -2.43. The molecule has 1 atom stereocenters. The zero-order chi connectivity index (χ0) is 20.2. The second-order valence-electron chi connectivity index (χ2n) is 6.47. The van der Waals surface area contributed by atoms with Gasteiger partial charge in [-0.05, 0) is 37.5 Å². The van der Waals surface area contributed by atoms with Gasteiger partial charge in [-0.2, -0.15) is 17.6 Å². The van der Waals surface area contributed by atoms with E-state index in [2.05, 4.69) is 5.32 Å². The van der Waals surface area contributed by atoms with Crippen molar-refractivity contribution in [1.29, 1.82) is 0 Å². The first-order valence-electron chi connectivity index (χ1n) is 8.37. The van der Waals surface area contributed by atoms with Crippen LogP contribution in [0.5, 0.6) is 0 Å². The van der Waals surface area contributed by atoms with Crippen LogP contribution < -0.4 is 11.1 Å². The smallest absolute Gasteiger partial charge is 0.329 e. The number of hydrogen-bond acceptors (Lipinski definition) is 3. The second-order valence-corrected chi connectivity index (χ2v) is 6.47. The van der Waals surface area contributed by atoms with Crippen molar-refractivity contribution in [1.82, 2.24) is 10.2 Å². The Morgan fingerprint density at radius 3 is 2.32 bits per heavy atom. The van der Waals surface area contributed by atoms with E-state index in [0.29, 0.717) is 17.7 Å². The molecule has 1 unspecified atom stereocenters. The molecule has 2 amide bonds. The van der Waals surface area contributed by atoms with E-state index in [1.807, 2.05) is 0 Å². The fourth-order valence-corrected chi connectivity index (χ4v) is 2.70. The minimum absolute atomic E-state index is 0. The lowest BCUT2D eigenvalue weighted by Gasteiger charge is -2.19. The number of benzene rings is 1. The highest BCUT2D eigenvalue weighted by atomic mass is 35.5. The van der Waals surface area contributed by atoms with E-state index in [9.17, 15) is 31.5 Å². The van der Waals surface area contributed by atoms with Gasteiger partial charge in [0.05, 0.1) is 19.1 Å². The molecule has 158 valence electrons. The third kappa shape index (κ3) is 5.78. The summed E-state index contributed by atoms with van der Waals surface area (Å²) in [6.07, 6.45) is 0.896. The highest BCUT2D eigenvalue weighted by Gasteiger charge is 2.64. The van der Waals surface area contributed by atoms with Crippen molar-refractivity contribution in [3.63, 3.8) is 0 Å². The normalized spacial score (nSPS) is 18.3. The van der Waals surface area contributed by atoms with Crippen molar-refractivity contribution in [3.8, 4) is 0 Å². The van der Waals surface area contributed by atoms with E-state index in [-0.39, 0.29) is 30.9 Å². The molecule has 0 spiro atoms. The number of nitrogens with two attached hydrogens (primary N) is 1. The Morgan fingerprint density at radius 2 is 1.75 bits per heavy atom. The Bertz CT molecular complexity index is 689. The first kappa shape index (κ1) is 24.1. The molecule has 1 heterocycles. The SMILES string of the molecule is Cl.NC(CCCCNC(=O)c1cccc(F)c1)C(=O)N1CC(F)(F)C(F)(F)C1. The van der Waals surface area contributed by atoms with Gasteiger partial charge in [-0.3, -0.25) is 9.59 Å². The molecule has 2 rings (SSSR count). The van der Waals surface area contributed by atoms with Gasteiger partial charge in [0.1, 0.15) is 5.82 Å². The van der Waals surface area contributed by atoms with Crippen LogP contribution >= 0.6 is 12.4 Å². The van der Waals surface area contributed by atoms with Gasteiger partial charge in [-0.15, -0.1) is 12.4 Å². The molecule has 1 fully saturated rings. The summed E-state index contributed by atoms with van der Waals surface area (Å²) in [6.45, 7) is -2.47. The molecule has 1 aromatic carbocycles. The van der Waals surface area contributed by atoms with E-state index >= 15 is 0 Å². The van der Waals surface area contributed by atoms with Gasteiger partial charge in [0.25, 0.3) is 5.91 Å². The van der Waals surface area contributed by atoms with E-state index in [1.165, 1.54) is 18.2 Å². The van der Waals surface area contributed by atoms with Crippen molar-refractivity contribution in [2.24, 2.45) is 5.73 Å². The Labute approximate surface area is 164 Å². The average Bonchev–Trinajstić information content (AvgIpc) is 2.81. The maximum absolute atomic E-state index is 13.1. The molecule has 3 N–H and O–H groups in total. The molecule has 5 nitrogen and oxygen atoms in total. The Kier molecular flexibility index (Phi) is 8.18. The number of hydrogen-bond donors (Lipinski definition) is 2. The van der Waals surface area contributed by atoms with Gasteiger partial charge in [0.2, 0.25) is 5.91 Å². The van der Waals surface area contributed by atoms with Crippen LogP contribution in [-0.4, -0.2) is 54.2 Å². The summed E-state index contributed by atoms with van der Waals surface area (Å²) in [5.74, 6) is -10.5. The van der Waals surface area contributed by atoms with Gasteiger partial charge in [0, 0.05) is 12.1 Å². The van der Waals surface area contributed by atoms with Crippen LogP contribution in [0.1, 0.15) is 29.6 Å². The summed E-state index contributed by atoms with van der Waals surface area (Å²) in [5.41, 5.74) is 5.78. The number of likely N-dealkylation sites (tertiary alicyclic amines) is 1. The lowest BCUT2D eigenvalue weighted by molar-refractivity contribution is -0.172. The molecule has 11 heteroatoms. The summed E-state index contributed by atoms with van der Waals surface area (Å²) >= 11 is 0. The van der Waals surface area contributed by atoms with Crippen LogP contribution in [0.25, 0.3) is 0 Å². The molecule has 0 saturated carbocycles. The molecule has 0 aromatic heterocycles. The third-order valence-electron chi connectivity index (χ3n) is 4.26. The first-order valence-corrected chi connectivity index (χ1v) is 8.37. The van der Waals surface area contributed by atoms with E-state index in [1.54, 1.807) is 0 Å². The average molecular weight is 430 g/mol.